The van der Waals surface area contributed by atoms with Crippen molar-refractivity contribution in [3.05, 3.63) is 152 Å². The summed E-state index contributed by atoms with van der Waals surface area (Å²) < 4.78 is 88.0. The Labute approximate surface area is 399 Å². The number of hydrogen-bond donors (Lipinski definition) is 3. The number of methoxy groups -OCH3 is 2. The second-order valence-corrected chi connectivity index (χ2v) is 19.7. The molecule has 0 unspecified atom stereocenters. The molecule has 6 rings (SSSR count). The number of nitrogens with one attached hydrogen (secondary N) is 1. The van der Waals surface area contributed by atoms with Gasteiger partial charge in [-0.25, -0.2) is 45.4 Å². The molecule has 2 aromatic heterocycles. The van der Waals surface area contributed by atoms with Crippen molar-refractivity contribution in [1.29, 1.82) is 0 Å². The van der Waals surface area contributed by atoms with Crippen molar-refractivity contribution in [1.82, 2.24) is 14.7 Å². The van der Waals surface area contributed by atoms with Crippen LogP contribution in [0.4, 0.5) is 8.78 Å². The van der Waals surface area contributed by atoms with Gasteiger partial charge in [-0.05, 0) is 154 Å². The summed E-state index contributed by atoms with van der Waals surface area (Å²) in [6.45, 7) is 11.0. The first-order valence-electron chi connectivity index (χ1n) is 20.3. The lowest BCUT2D eigenvalue weighted by molar-refractivity contribution is -0.136. The standard InChI is InChI=1S/C24H24ClFN2O4S.C17H18FNO3.C7H8ClNO2S/c1-14(2)19-11-17(26)12-20(16-7-8-27-24(10-16)32-4)21(19)13-23(29)28-33(30,31)18-5-6-22(25)15(3)9-18;1-10(2)13-7-12(18)8-14(15(13)9-17(20)21)11-4-5-19-16(6-11)22-3;1-5-4-6(12(9,10)11)2-3-7(5)8/h5-12,14H,13H2,1-4H3,(H,28,29);4-8,10H,9H2,1-3H3,(H,20,21);2-4H,1H3,(H2,9,10,11). The zero-order valence-corrected chi connectivity index (χ0v) is 41.0. The third-order valence-corrected chi connectivity index (χ3v) is 13.2. The monoisotopic (exact) mass is 998 g/mol. The molecule has 0 saturated heterocycles. The van der Waals surface area contributed by atoms with Crippen LogP contribution in [0.25, 0.3) is 22.3 Å². The Kier molecular flexibility index (Phi) is 18.5. The highest BCUT2D eigenvalue weighted by Gasteiger charge is 2.23. The van der Waals surface area contributed by atoms with Crippen molar-refractivity contribution in [2.45, 2.75) is 76.0 Å². The molecule has 19 heteroatoms. The second-order valence-electron chi connectivity index (χ2n) is 15.7. The quantitative estimate of drug-likeness (QED) is 0.0993. The molecule has 356 valence electrons. The Morgan fingerprint density at radius 1 is 0.672 bits per heavy atom. The van der Waals surface area contributed by atoms with Gasteiger partial charge < -0.3 is 14.6 Å². The minimum atomic E-state index is -4.11. The molecular formula is C48H50Cl2F2N4O9S2. The van der Waals surface area contributed by atoms with Crippen LogP contribution in [0.15, 0.2) is 107 Å². The van der Waals surface area contributed by atoms with E-state index in [1.165, 1.54) is 81.1 Å². The molecule has 2 heterocycles. The topological polar surface area (TPSA) is 205 Å². The van der Waals surface area contributed by atoms with Crippen molar-refractivity contribution in [2.24, 2.45) is 5.14 Å². The van der Waals surface area contributed by atoms with E-state index in [2.05, 4.69) is 14.7 Å². The maximum Gasteiger partial charge on any atom is 0.307 e. The van der Waals surface area contributed by atoms with E-state index in [1.54, 1.807) is 44.3 Å². The van der Waals surface area contributed by atoms with E-state index in [9.17, 15) is 40.3 Å². The summed E-state index contributed by atoms with van der Waals surface area (Å²) >= 11 is 11.7. The molecule has 0 radical (unpaired) electrons. The number of carboxylic acid groups (broad SMARTS) is 1. The molecule has 0 aliphatic rings. The molecule has 0 aliphatic heterocycles. The van der Waals surface area contributed by atoms with Crippen LogP contribution in [-0.2, 0) is 42.5 Å². The first-order valence-corrected chi connectivity index (χ1v) is 24.1. The maximum atomic E-state index is 14.5. The fourth-order valence-electron chi connectivity index (χ4n) is 6.77. The molecular weight excluding hydrogens is 950 g/mol. The van der Waals surface area contributed by atoms with Crippen molar-refractivity contribution < 1.29 is 49.8 Å². The molecule has 0 saturated carbocycles. The highest BCUT2D eigenvalue weighted by molar-refractivity contribution is 7.90. The van der Waals surface area contributed by atoms with Gasteiger partial charge in [0.05, 0.1) is 36.9 Å². The lowest BCUT2D eigenvalue weighted by Gasteiger charge is -2.18. The first kappa shape index (κ1) is 53.6. The van der Waals surface area contributed by atoms with Crippen LogP contribution in [0.1, 0.15) is 72.9 Å². The van der Waals surface area contributed by atoms with Gasteiger partial charge in [-0.3, -0.25) is 9.59 Å². The van der Waals surface area contributed by atoms with E-state index in [-0.39, 0.29) is 40.3 Å². The SMILES string of the molecule is COc1cc(-c2cc(F)cc(C(C)C)c2CC(=O)NS(=O)(=O)c2ccc(Cl)c(C)c2)ccn1.COc1cc(-c2cc(F)cc(C(C)C)c2CC(=O)O)ccn1.Cc1cc(S(N)(=O)=O)ccc1Cl. The molecule has 4 aromatic carbocycles. The average molecular weight is 1000 g/mol. The van der Waals surface area contributed by atoms with Gasteiger partial charge in [-0.15, -0.1) is 0 Å². The van der Waals surface area contributed by atoms with Crippen LogP contribution in [0.5, 0.6) is 11.8 Å². The third-order valence-electron chi connectivity index (χ3n) is 10.1. The van der Waals surface area contributed by atoms with Crippen LogP contribution >= 0.6 is 23.2 Å². The Morgan fingerprint density at radius 3 is 1.48 bits per heavy atom. The van der Waals surface area contributed by atoms with E-state index in [0.717, 1.165) is 0 Å². The highest BCUT2D eigenvalue weighted by Crippen LogP contribution is 2.35. The number of pyridine rings is 2. The maximum absolute atomic E-state index is 14.5. The predicted molar refractivity (Wildman–Crippen MR) is 255 cm³/mol. The lowest BCUT2D eigenvalue weighted by Crippen LogP contribution is -2.32. The van der Waals surface area contributed by atoms with Gasteiger partial charge in [0.2, 0.25) is 27.7 Å². The number of ether oxygens (including phenoxy) is 2. The highest BCUT2D eigenvalue weighted by atomic mass is 35.5. The minimum absolute atomic E-state index is 0.0209. The summed E-state index contributed by atoms with van der Waals surface area (Å²) in [5, 5.41) is 15.0. The lowest BCUT2D eigenvalue weighted by atomic mass is 9.88. The Bertz CT molecular complexity index is 3010. The summed E-state index contributed by atoms with van der Waals surface area (Å²) in [6, 6.07) is 20.7. The molecule has 0 atom stereocenters. The number of nitrogens with two attached hydrogens (primary N) is 1. The van der Waals surface area contributed by atoms with Gasteiger partial charge in [0.15, 0.2) is 0 Å². The van der Waals surface area contributed by atoms with Gasteiger partial charge in [0.1, 0.15) is 11.6 Å². The second kappa shape index (κ2) is 23.2. The predicted octanol–water partition coefficient (Wildman–Crippen LogP) is 9.97. The number of carboxylic acids is 1. The van der Waals surface area contributed by atoms with Crippen LogP contribution in [0.2, 0.25) is 10.0 Å². The number of aromatic nitrogens is 2. The molecule has 0 fully saturated rings. The van der Waals surface area contributed by atoms with Crippen molar-refractivity contribution in [2.75, 3.05) is 14.2 Å². The molecule has 0 aliphatic carbocycles. The summed E-state index contributed by atoms with van der Waals surface area (Å²) in [7, 11) is -4.75. The van der Waals surface area contributed by atoms with Crippen LogP contribution in [-0.4, -0.2) is 58.0 Å². The summed E-state index contributed by atoms with van der Waals surface area (Å²) in [5.41, 5.74) is 6.04. The fraction of sp³-hybridized carbons (Fsp3) is 0.250. The summed E-state index contributed by atoms with van der Waals surface area (Å²) in [5.74, 6) is -1.89. The minimum Gasteiger partial charge on any atom is -0.481 e. The number of carbonyl (C=O) groups excluding carboxylic acids is 1. The third kappa shape index (κ3) is 14.8. The normalized spacial score (nSPS) is 11.3. The number of hydrogen-bond acceptors (Lipinski definition) is 10. The first-order chi connectivity index (χ1) is 31.3. The number of rotatable bonds is 13. The number of primary sulfonamides is 1. The Balaban J connectivity index is 0.000000246. The van der Waals surface area contributed by atoms with E-state index >= 15 is 0 Å². The number of benzene rings is 4. The van der Waals surface area contributed by atoms with Crippen molar-refractivity contribution in [3.8, 4) is 34.0 Å². The number of halogens is 4. The molecule has 67 heavy (non-hydrogen) atoms. The number of sulfonamides is 2. The van der Waals surface area contributed by atoms with E-state index in [4.69, 9.17) is 37.8 Å². The number of aryl methyl sites for hydroxylation is 2. The zero-order valence-electron chi connectivity index (χ0n) is 37.8. The number of carbonyl (C=O) groups is 2. The smallest absolute Gasteiger partial charge is 0.307 e. The van der Waals surface area contributed by atoms with Gasteiger partial charge >= 0.3 is 5.97 Å². The molecule has 0 bridgehead atoms. The number of aliphatic carboxylic acids is 1. The molecule has 0 spiro atoms. The molecule has 4 N–H and O–H groups in total. The van der Waals surface area contributed by atoms with Gasteiger partial charge in [-0.1, -0.05) is 50.9 Å². The average Bonchev–Trinajstić information content (AvgIpc) is 3.26. The van der Waals surface area contributed by atoms with Crippen molar-refractivity contribution in [3.63, 3.8) is 0 Å². The van der Waals surface area contributed by atoms with E-state index in [1.807, 2.05) is 27.7 Å². The fourth-order valence-corrected chi connectivity index (χ4v) is 8.67. The molecule has 6 aromatic rings. The van der Waals surface area contributed by atoms with E-state index < -0.39 is 37.7 Å². The zero-order chi connectivity index (χ0) is 50.0. The largest absolute Gasteiger partial charge is 0.481 e. The number of amides is 1. The Hall–Kier alpha value is -5.98. The Morgan fingerprint density at radius 2 is 1.09 bits per heavy atom. The molecule has 13 nitrogen and oxygen atoms in total. The van der Waals surface area contributed by atoms with Crippen LogP contribution in [0, 0.1) is 25.5 Å². The molecule has 1 amide bonds. The summed E-state index contributed by atoms with van der Waals surface area (Å²) in [4.78, 5) is 32.2. The van der Waals surface area contributed by atoms with Crippen LogP contribution in [0.3, 0.4) is 0 Å². The van der Waals surface area contributed by atoms with Gasteiger partial charge in [0, 0.05) is 34.6 Å². The van der Waals surface area contributed by atoms with Gasteiger partial charge in [-0.2, -0.15) is 0 Å². The number of nitrogens with zero attached hydrogens (tertiary/aromatic N) is 2. The van der Waals surface area contributed by atoms with Gasteiger partial charge in [0.25, 0.3) is 10.0 Å². The van der Waals surface area contributed by atoms with Crippen LogP contribution < -0.4 is 19.3 Å². The van der Waals surface area contributed by atoms with E-state index in [0.29, 0.717) is 77.4 Å². The van der Waals surface area contributed by atoms with Crippen molar-refractivity contribution >= 4 is 55.1 Å². The summed E-state index contributed by atoms with van der Waals surface area (Å²) in [6.07, 6.45) is 2.65.